The number of nitrogens with one attached hydrogen (secondary N) is 2. The number of rotatable bonds is 5. The van der Waals surface area contributed by atoms with Crippen LogP contribution in [0.25, 0.3) is 10.9 Å². The maximum atomic E-state index is 12.0. The van der Waals surface area contributed by atoms with Gasteiger partial charge in [-0.25, -0.2) is 0 Å². The molecule has 0 radical (unpaired) electrons. The number of carbonyl (C=O) groups is 1. The van der Waals surface area contributed by atoms with Gasteiger partial charge in [0, 0.05) is 23.5 Å². The summed E-state index contributed by atoms with van der Waals surface area (Å²) in [6, 6.07) is 13.4. The zero-order valence-electron chi connectivity index (χ0n) is 13.1. The first-order valence-corrected chi connectivity index (χ1v) is 7.78. The van der Waals surface area contributed by atoms with E-state index >= 15 is 0 Å². The van der Waals surface area contributed by atoms with Gasteiger partial charge in [-0.2, -0.15) is 0 Å². The maximum absolute atomic E-state index is 12.0. The van der Waals surface area contributed by atoms with E-state index in [0.717, 1.165) is 23.9 Å². The van der Waals surface area contributed by atoms with Crippen molar-refractivity contribution in [3.63, 3.8) is 0 Å². The van der Waals surface area contributed by atoms with Crippen LogP contribution in [0.1, 0.15) is 24.0 Å². The van der Waals surface area contributed by atoms with E-state index in [-0.39, 0.29) is 11.7 Å². The third kappa shape index (κ3) is 3.54. The Kier molecular flexibility index (Phi) is 4.33. The molecule has 0 aliphatic heterocycles. The minimum absolute atomic E-state index is 0.0796. The molecular formula is C19H20N2O2. The quantitative estimate of drug-likeness (QED) is 0.620. The van der Waals surface area contributed by atoms with E-state index in [0.29, 0.717) is 12.1 Å². The summed E-state index contributed by atoms with van der Waals surface area (Å²) in [7, 11) is 0. The van der Waals surface area contributed by atoms with Gasteiger partial charge in [0.05, 0.1) is 5.69 Å². The number of benzene rings is 2. The molecule has 23 heavy (non-hydrogen) atoms. The SMILES string of the molecule is Cc1ccc(NC(=O)CCCc2c[nH]c3ccccc23)c(O)c1. The minimum atomic E-state index is -0.0796. The number of amides is 1. The summed E-state index contributed by atoms with van der Waals surface area (Å²) >= 11 is 0. The molecule has 1 aromatic heterocycles. The number of phenolic OH excluding ortho intramolecular Hbond substituents is 1. The molecule has 1 amide bonds. The zero-order chi connectivity index (χ0) is 16.2. The second kappa shape index (κ2) is 6.57. The van der Waals surface area contributed by atoms with Crippen molar-refractivity contribution in [2.75, 3.05) is 5.32 Å². The number of anilines is 1. The van der Waals surface area contributed by atoms with Gasteiger partial charge in [0.15, 0.2) is 0 Å². The van der Waals surface area contributed by atoms with Crippen LogP contribution in [0.15, 0.2) is 48.7 Å². The Labute approximate surface area is 135 Å². The van der Waals surface area contributed by atoms with Crippen molar-refractivity contribution in [1.29, 1.82) is 0 Å². The first-order valence-electron chi connectivity index (χ1n) is 7.78. The van der Waals surface area contributed by atoms with Gasteiger partial charge in [-0.1, -0.05) is 24.3 Å². The van der Waals surface area contributed by atoms with Crippen molar-refractivity contribution in [3.8, 4) is 5.75 Å². The standard InChI is InChI=1S/C19H20N2O2/c1-13-9-10-17(18(22)11-13)21-19(23)8-4-5-14-12-20-16-7-3-2-6-15(14)16/h2-3,6-7,9-12,20,22H,4-5,8H2,1H3,(H,21,23). The fourth-order valence-electron chi connectivity index (χ4n) is 2.74. The Morgan fingerprint density at radius 3 is 2.87 bits per heavy atom. The van der Waals surface area contributed by atoms with Gasteiger partial charge in [0.1, 0.15) is 5.75 Å². The smallest absolute Gasteiger partial charge is 0.224 e. The molecule has 0 aliphatic carbocycles. The number of H-pyrrole nitrogens is 1. The topological polar surface area (TPSA) is 65.1 Å². The van der Waals surface area contributed by atoms with E-state index in [1.165, 1.54) is 10.9 Å². The van der Waals surface area contributed by atoms with Crippen LogP contribution in [0, 0.1) is 6.92 Å². The fourth-order valence-corrected chi connectivity index (χ4v) is 2.74. The lowest BCUT2D eigenvalue weighted by Crippen LogP contribution is -2.11. The van der Waals surface area contributed by atoms with Crippen LogP contribution in [0.3, 0.4) is 0 Å². The van der Waals surface area contributed by atoms with Gasteiger partial charge >= 0.3 is 0 Å². The molecule has 0 spiro atoms. The minimum Gasteiger partial charge on any atom is -0.506 e. The average molecular weight is 308 g/mol. The van der Waals surface area contributed by atoms with Gasteiger partial charge in [-0.3, -0.25) is 4.79 Å². The third-order valence-corrected chi connectivity index (χ3v) is 3.95. The molecule has 1 heterocycles. The molecule has 0 unspecified atom stereocenters. The number of aromatic amines is 1. The number of fused-ring (bicyclic) bond motifs is 1. The fraction of sp³-hybridized carbons (Fsp3) is 0.211. The van der Waals surface area contributed by atoms with E-state index in [9.17, 15) is 9.90 Å². The molecule has 0 saturated heterocycles. The van der Waals surface area contributed by atoms with Crippen LogP contribution in [0.5, 0.6) is 5.75 Å². The number of aromatic nitrogens is 1. The summed E-state index contributed by atoms with van der Waals surface area (Å²) < 4.78 is 0. The van der Waals surface area contributed by atoms with Gasteiger partial charge in [0.25, 0.3) is 0 Å². The van der Waals surface area contributed by atoms with Crippen LogP contribution in [-0.4, -0.2) is 16.0 Å². The second-order valence-corrected chi connectivity index (χ2v) is 5.78. The Bertz CT molecular complexity index is 836. The first-order chi connectivity index (χ1) is 11.1. The molecular weight excluding hydrogens is 288 g/mol. The summed E-state index contributed by atoms with van der Waals surface area (Å²) in [4.78, 5) is 15.3. The molecule has 3 N–H and O–H groups in total. The van der Waals surface area contributed by atoms with Crippen molar-refractivity contribution >= 4 is 22.5 Å². The van der Waals surface area contributed by atoms with Crippen LogP contribution >= 0.6 is 0 Å². The van der Waals surface area contributed by atoms with Gasteiger partial charge < -0.3 is 15.4 Å². The van der Waals surface area contributed by atoms with Crippen LogP contribution < -0.4 is 5.32 Å². The molecule has 3 aromatic rings. The van der Waals surface area contributed by atoms with Gasteiger partial charge in [-0.05, 0) is 49.1 Å². The summed E-state index contributed by atoms with van der Waals surface area (Å²) in [5.74, 6) is 0.0268. The number of aromatic hydroxyl groups is 1. The Morgan fingerprint density at radius 1 is 1.22 bits per heavy atom. The number of phenols is 1. The summed E-state index contributed by atoms with van der Waals surface area (Å²) in [5, 5.41) is 13.8. The number of hydrogen-bond donors (Lipinski definition) is 3. The Balaban J connectivity index is 1.55. The first kappa shape index (κ1) is 15.2. The van der Waals surface area contributed by atoms with Crippen molar-refractivity contribution in [1.82, 2.24) is 4.98 Å². The van der Waals surface area contributed by atoms with E-state index in [1.54, 1.807) is 12.1 Å². The molecule has 118 valence electrons. The molecule has 4 nitrogen and oxygen atoms in total. The largest absolute Gasteiger partial charge is 0.506 e. The molecule has 0 fully saturated rings. The van der Waals surface area contributed by atoms with Crippen molar-refractivity contribution in [2.45, 2.75) is 26.2 Å². The van der Waals surface area contributed by atoms with Crippen LogP contribution in [0.4, 0.5) is 5.69 Å². The molecule has 4 heteroatoms. The van der Waals surface area contributed by atoms with Crippen LogP contribution in [-0.2, 0) is 11.2 Å². The zero-order valence-corrected chi connectivity index (χ0v) is 13.1. The highest BCUT2D eigenvalue weighted by Crippen LogP contribution is 2.24. The highest BCUT2D eigenvalue weighted by Gasteiger charge is 2.08. The van der Waals surface area contributed by atoms with Crippen LogP contribution in [0.2, 0.25) is 0 Å². The Morgan fingerprint density at radius 2 is 2.04 bits per heavy atom. The lowest BCUT2D eigenvalue weighted by molar-refractivity contribution is -0.116. The lowest BCUT2D eigenvalue weighted by atomic mass is 10.1. The molecule has 0 atom stereocenters. The number of aryl methyl sites for hydroxylation is 2. The molecule has 0 bridgehead atoms. The summed E-state index contributed by atoms with van der Waals surface area (Å²) in [6.07, 6.45) is 4.04. The van der Waals surface area contributed by atoms with E-state index in [2.05, 4.69) is 16.4 Å². The predicted molar refractivity (Wildman–Crippen MR) is 92.7 cm³/mol. The van der Waals surface area contributed by atoms with E-state index < -0.39 is 0 Å². The second-order valence-electron chi connectivity index (χ2n) is 5.78. The molecule has 0 aliphatic rings. The molecule has 2 aromatic carbocycles. The molecule has 3 rings (SSSR count). The number of carbonyl (C=O) groups excluding carboxylic acids is 1. The average Bonchev–Trinajstić information content (AvgIpc) is 2.94. The highest BCUT2D eigenvalue weighted by atomic mass is 16.3. The number of para-hydroxylation sites is 1. The van der Waals surface area contributed by atoms with Crippen molar-refractivity contribution < 1.29 is 9.90 Å². The molecule has 0 saturated carbocycles. The maximum Gasteiger partial charge on any atom is 0.224 e. The van der Waals surface area contributed by atoms with Gasteiger partial charge in [0.2, 0.25) is 5.91 Å². The van der Waals surface area contributed by atoms with E-state index in [4.69, 9.17) is 0 Å². The summed E-state index contributed by atoms with van der Waals surface area (Å²) in [5.41, 5.74) is 3.77. The highest BCUT2D eigenvalue weighted by molar-refractivity contribution is 5.92. The predicted octanol–water partition coefficient (Wildman–Crippen LogP) is 4.14. The normalized spacial score (nSPS) is 10.8. The summed E-state index contributed by atoms with van der Waals surface area (Å²) in [6.45, 7) is 1.90. The van der Waals surface area contributed by atoms with Gasteiger partial charge in [-0.15, -0.1) is 0 Å². The lowest BCUT2D eigenvalue weighted by Gasteiger charge is -2.08. The monoisotopic (exact) mass is 308 g/mol. The van der Waals surface area contributed by atoms with Crippen molar-refractivity contribution in [2.24, 2.45) is 0 Å². The van der Waals surface area contributed by atoms with Crippen molar-refractivity contribution in [3.05, 3.63) is 59.8 Å². The Hall–Kier alpha value is -2.75. The van der Waals surface area contributed by atoms with E-state index in [1.807, 2.05) is 37.4 Å². The number of hydrogen-bond acceptors (Lipinski definition) is 2. The third-order valence-electron chi connectivity index (χ3n) is 3.95.